The van der Waals surface area contributed by atoms with Crippen LogP contribution in [-0.2, 0) is 17.6 Å². The smallest absolute Gasteiger partial charge is 0.191 e. The van der Waals surface area contributed by atoms with E-state index in [4.69, 9.17) is 4.74 Å². The molecule has 0 aromatic carbocycles. The average molecular weight is 355 g/mol. The average Bonchev–Trinajstić information content (AvgIpc) is 2.86. The summed E-state index contributed by atoms with van der Waals surface area (Å²) < 4.78 is 5.57. The van der Waals surface area contributed by atoms with E-state index in [-0.39, 0.29) is 11.5 Å². The highest BCUT2D eigenvalue weighted by Crippen LogP contribution is 2.21. The van der Waals surface area contributed by atoms with Gasteiger partial charge >= 0.3 is 0 Å². The molecule has 0 bridgehead atoms. The highest BCUT2D eigenvalue weighted by molar-refractivity contribution is 7.11. The number of nitrogens with zero attached hydrogens (tertiary/aromatic N) is 2. The van der Waals surface area contributed by atoms with Crippen LogP contribution in [0.5, 0.6) is 0 Å². The van der Waals surface area contributed by atoms with E-state index in [0.717, 1.165) is 31.9 Å². The van der Waals surface area contributed by atoms with Gasteiger partial charge in [-0.15, -0.1) is 11.3 Å². The summed E-state index contributed by atoms with van der Waals surface area (Å²) in [4.78, 5) is 10.7. The van der Waals surface area contributed by atoms with E-state index in [1.165, 1.54) is 15.6 Å². The van der Waals surface area contributed by atoms with Crippen LogP contribution < -0.4 is 10.6 Å². The molecule has 0 radical (unpaired) electrons. The lowest BCUT2D eigenvalue weighted by Gasteiger charge is -2.28. The zero-order chi connectivity index (χ0) is 18.2. The minimum absolute atomic E-state index is 0.0740. The van der Waals surface area contributed by atoms with Gasteiger partial charge in [0, 0.05) is 31.5 Å². The van der Waals surface area contributed by atoms with Crippen LogP contribution in [0.3, 0.4) is 0 Å². The summed E-state index contributed by atoms with van der Waals surface area (Å²) in [6.07, 6.45) is 2.02. The largest absolute Gasteiger partial charge is 0.379 e. The van der Waals surface area contributed by atoms with Crippen molar-refractivity contribution in [3.05, 3.63) is 15.6 Å². The van der Waals surface area contributed by atoms with E-state index in [0.29, 0.717) is 6.54 Å². The van der Waals surface area contributed by atoms with Crippen molar-refractivity contribution in [2.45, 2.75) is 60.5 Å². The number of aliphatic imine (C=N–C) groups is 1. The van der Waals surface area contributed by atoms with Gasteiger partial charge in [-0.05, 0) is 25.7 Å². The molecule has 1 aromatic rings. The van der Waals surface area contributed by atoms with Crippen molar-refractivity contribution in [1.82, 2.24) is 15.6 Å². The summed E-state index contributed by atoms with van der Waals surface area (Å²) in [6, 6.07) is 0. The van der Waals surface area contributed by atoms with Gasteiger partial charge in [0.05, 0.1) is 23.4 Å². The van der Waals surface area contributed by atoms with Crippen molar-refractivity contribution in [1.29, 1.82) is 0 Å². The lowest BCUT2D eigenvalue weighted by atomic mass is 9.89. The van der Waals surface area contributed by atoms with E-state index in [2.05, 4.69) is 62.2 Å². The molecule has 0 amide bonds. The topological polar surface area (TPSA) is 58.5 Å². The second-order valence-electron chi connectivity index (χ2n) is 6.95. The van der Waals surface area contributed by atoms with Crippen LogP contribution in [0.1, 0.15) is 50.2 Å². The third-order valence-electron chi connectivity index (χ3n) is 3.91. The molecular weight excluding hydrogens is 320 g/mol. The van der Waals surface area contributed by atoms with Gasteiger partial charge in [-0.25, -0.2) is 4.98 Å². The lowest BCUT2D eigenvalue weighted by Crippen LogP contribution is -2.40. The van der Waals surface area contributed by atoms with Crippen molar-refractivity contribution >= 4 is 17.3 Å². The Morgan fingerprint density at radius 2 is 2.00 bits per heavy atom. The number of rotatable bonds is 8. The Bertz CT molecular complexity index is 520. The monoisotopic (exact) mass is 354 g/mol. The van der Waals surface area contributed by atoms with Gasteiger partial charge in [-0.1, -0.05) is 27.7 Å². The SMILES string of the molecule is CCNC(=NCC(OC)C(C)(C)C)NCCc1nc(CC)c(C)s1. The zero-order valence-corrected chi connectivity index (χ0v) is 17.1. The summed E-state index contributed by atoms with van der Waals surface area (Å²) in [6.45, 7) is 15.2. The quantitative estimate of drug-likeness (QED) is 0.556. The normalized spacial score (nSPS) is 13.9. The summed E-state index contributed by atoms with van der Waals surface area (Å²) in [5, 5.41) is 7.88. The van der Waals surface area contributed by atoms with Gasteiger partial charge in [0.15, 0.2) is 5.96 Å². The van der Waals surface area contributed by atoms with Crippen molar-refractivity contribution in [3.63, 3.8) is 0 Å². The lowest BCUT2D eigenvalue weighted by molar-refractivity contribution is 0.0241. The number of hydrogen-bond acceptors (Lipinski definition) is 4. The van der Waals surface area contributed by atoms with Crippen molar-refractivity contribution in [2.24, 2.45) is 10.4 Å². The van der Waals surface area contributed by atoms with Gasteiger partial charge in [0.2, 0.25) is 0 Å². The van der Waals surface area contributed by atoms with Gasteiger partial charge < -0.3 is 15.4 Å². The molecular formula is C18H34N4OS. The van der Waals surface area contributed by atoms with Crippen LogP contribution in [0.25, 0.3) is 0 Å². The van der Waals surface area contributed by atoms with Crippen LogP contribution >= 0.6 is 11.3 Å². The summed E-state index contributed by atoms with van der Waals surface area (Å²) in [7, 11) is 1.75. The fraction of sp³-hybridized carbons (Fsp3) is 0.778. The maximum Gasteiger partial charge on any atom is 0.191 e. The third kappa shape index (κ3) is 6.77. The van der Waals surface area contributed by atoms with Crippen LogP contribution in [0, 0.1) is 12.3 Å². The van der Waals surface area contributed by atoms with Gasteiger partial charge in [0.1, 0.15) is 0 Å². The first-order valence-corrected chi connectivity index (χ1v) is 9.63. The van der Waals surface area contributed by atoms with Crippen molar-refractivity contribution < 1.29 is 4.74 Å². The van der Waals surface area contributed by atoms with E-state index >= 15 is 0 Å². The number of ether oxygens (including phenoxy) is 1. The molecule has 1 unspecified atom stereocenters. The summed E-state index contributed by atoms with van der Waals surface area (Å²) in [5.74, 6) is 0.841. The Morgan fingerprint density at radius 1 is 1.29 bits per heavy atom. The maximum atomic E-state index is 5.57. The van der Waals surface area contributed by atoms with E-state index in [1.54, 1.807) is 18.4 Å². The minimum Gasteiger partial charge on any atom is -0.379 e. The molecule has 0 saturated heterocycles. The fourth-order valence-corrected chi connectivity index (χ4v) is 3.45. The Morgan fingerprint density at radius 3 is 2.50 bits per heavy atom. The van der Waals surface area contributed by atoms with Crippen molar-refractivity contribution in [3.8, 4) is 0 Å². The van der Waals surface area contributed by atoms with Gasteiger partial charge in [-0.2, -0.15) is 0 Å². The van der Waals surface area contributed by atoms with Gasteiger partial charge in [-0.3, -0.25) is 4.99 Å². The molecule has 1 aromatic heterocycles. The summed E-state index contributed by atoms with van der Waals surface area (Å²) >= 11 is 1.80. The van der Waals surface area contributed by atoms with Crippen LogP contribution in [-0.4, -0.2) is 43.8 Å². The first-order valence-electron chi connectivity index (χ1n) is 8.81. The van der Waals surface area contributed by atoms with E-state index in [1.807, 2.05) is 0 Å². The highest BCUT2D eigenvalue weighted by Gasteiger charge is 2.24. The molecule has 0 spiro atoms. The molecule has 2 N–H and O–H groups in total. The molecule has 0 aliphatic heterocycles. The Balaban J connectivity index is 2.57. The molecule has 138 valence electrons. The third-order valence-corrected chi connectivity index (χ3v) is 4.99. The number of aromatic nitrogens is 1. The van der Waals surface area contributed by atoms with E-state index in [9.17, 15) is 0 Å². The molecule has 0 aliphatic rings. The predicted molar refractivity (Wildman–Crippen MR) is 104 cm³/mol. The molecule has 1 heterocycles. The second-order valence-corrected chi connectivity index (χ2v) is 8.24. The molecule has 6 heteroatoms. The zero-order valence-electron chi connectivity index (χ0n) is 16.3. The standard InChI is InChI=1S/C18H34N4OS/c1-8-14-13(3)24-16(22-14)10-11-20-17(19-9-2)21-12-15(23-7)18(4,5)6/h15H,8-12H2,1-7H3,(H2,19,20,21). The van der Waals surface area contributed by atoms with E-state index < -0.39 is 0 Å². The number of guanidine groups is 1. The number of thiazole rings is 1. The fourth-order valence-electron chi connectivity index (χ4n) is 2.43. The first-order chi connectivity index (χ1) is 11.3. The number of aryl methyl sites for hydroxylation is 2. The highest BCUT2D eigenvalue weighted by atomic mass is 32.1. The molecule has 0 saturated carbocycles. The summed E-state index contributed by atoms with van der Waals surface area (Å²) in [5.41, 5.74) is 1.30. The molecule has 24 heavy (non-hydrogen) atoms. The molecule has 5 nitrogen and oxygen atoms in total. The molecule has 0 fully saturated rings. The van der Waals surface area contributed by atoms with Crippen molar-refractivity contribution in [2.75, 3.05) is 26.7 Å². The number of nitrogens with one attached hydrogen (secondary N) is 2. The predicted octanol–water partition coefficient (Wildman–Crippen LogP) is 3.17. The molecule has 1 rings (SSSR count). The minimum atomic E-state index is 0.0740. The van der Waals surface area contributed by atoms with Gasteiger partial charge in [0.25, 0.3) is 0 Å². The molecule has 1 atom stereocenters. The molecule has 0 aliphatic carbocycles. The van der Waals surface area contributed by atoms with Crippen LogP contribution in [0.2, 0.25) is 0 Å². The van der Waals surface area contributed by atoms with Crippen LogP contribution in [0.15, 0.2) is 4.99 Å². The Hall–Kier alpha value is -1.14. The Labute approximate surface area is 151 Å². The van der Waals surface area contributed by atoms with Crippen LogP contribution in [0.4, 0.5) is 0 Å². The Kier molecular flexibility index (Phi) is 8.70. The maximum absolute atomic E-state index is 5.57. The number of hydrogen-bond donors (Lipinski definition) is 2. The number of methoxy groups -OCH3 is 1. The first kappa shape index (κ1) is 20.9. The second kappa shape index (κ2) is 9.99.